The van der Waals surface area contributed by atoms with Crippen LogP contribution >= 0.6 is 34.8 Å². The number of nitrogens with zero attached hydrogens (tertiary/aromatic N) is 2. The number of hydrogen-bond acceptors (Lipinski definition) is 3. The Morgan fingerprint density at radius 2 is 1.65 bits per heavy atom. The molecule has 0 radical (unpaired) electrons. The van der Waals surface area contributed by atoms with Crippen molar-refractivity contribution in [1.29, 1.82) is 0 Å². The van der Waals surface area contributed by atoms with E-state index in [-0.39, 0.29) is 5.28 Å². The van der Waals surface area contributed by atoms with Crippen molar-refractivity contribution in [2.24, 2.45) is 0 Å². The molecule has 1 aromatic heterocycles. The molecule has 0 aliphatic carbocycles. The summed E-state index contributed by atoms with van der Waals surface area (Å²) in [6.45, 7) is 0. The first-order valence-electron chi connectivity index (χ1n) is 5.69. The Morgan fingerprint density at radius 3 is 2.50 bits per heavy atom. The summed E-state index contributed by atoms with van der Waals surface area (Å²) in [5, 5.41) is 1.59. The van der Waals surface area contributed by atoms with Gasteiger partial charge < -0.3 is 4.74 Å². The van der Waals surface area contributed by atoms with Gasteiger partial charge in [-0.3, -0.25) is 0 Å². The highest BCUT2D eigenvalue weighted by molar-refractivity contribution is 6.42. The Labute approximate surface area is 130 Å². The molecule has 0 aliphatic heterocycles. The second kappa shape index (κ2) is 5.44. The first-order chi connectivity index (χ1) is 9.65. The van der Waals surface area contributed by atoms with E-state index in [0.29, 0.717) is 27.2 Å². The molecular weight excluding hydrogens is 319 g/mol. The summed E-state index contributed by atoms with van der Waals surface area (Å²) in [6.07, 6.45) is 0. The second-order valence-electron chi connectivity index (χ2n) is 3.97. The third-order valence-corrected chi connectivity index (χ3v) is 3.63. The molecular formula is C14H7Cl3N2O. The molecule has 2 aromatic carbocycles. The van der Waals surface area contributed by atoms with Crippen LogP contribution in [0.2, 0.25) is 15.3 Å². The van der Waals surface area contributed by atoms with Crippen molar-refractivity contribution >= 4 is 45.7 Å². The van der Waals surface area contributed by atoms with Crippen LogP contribution in [0.3, 0.4) is 0 Å². The Balaban J connectivity index is 2.13. The number of aromatic nitrogens is 2. The summed E-state index contributed by atoms with van der Waals surface area (Å²) in [7, 11) is 0. The van der Waals surface area contributed by atoms with Crippen LogP contribution in [0, 0.1) is 0 Å². The second-order valence-corrected chi connectivity index (χ2v) is 5.09. The lowest BCUT2D eigenvalue weighted by Crippen LogP contribution is -1.93. The van der Waals surface area contributed by atoms with Crippen LogP contribution in [0.4, 0.5) is 0 Å². The Bertz CT molecular complexity index is 792. The fourth-order valence-electron chi connectivity index (χ4n) is 1.77. The van der Waals surface area contributed by atoms with Crippen molar-refractivity contribution in [2.45, 2.75) is 0 Å². The lowest BCUT2D eigenvalue weighted by molar-refractivity contribution is 0.468. The van der Waals surface area contributed by atoms with E-state index in [1.54, 1.807) is 18.2 Å². The quantitative estimate of drug-likeness (QED) is 0.593. The summed E-state index contributed by atoms with van der Waals surface area (Å²) in [4.78, 5) is 8.23. The Morgan fingerprint density at radius 1 is 0.850 bits per heavy atom. The molecule has 100 valence electrons. The first kappa shape index (κ1) is 13.4. The van der Waals surface area contributed by atoms with Gasteiger partial charge in [-0.2, -0.15) is 4.98 Å². The van der Waals surface area contributed by atoms with E-state index in [1.165, 1.54) is 0 Å². The summed E-state index contributed by atoms with van der Waals surface area (Å²) >= 11 is 18.0. The summed E-state index contributed by atoms with van der Waals surface area (Å²) in [6, 6.07) is 12.5. The number of rotatable bonds is 2. The largest absolute Gasteiger partial charge is 0.437 e. The monoisotopic (exact) mass is 324 g/mol. The third kappa shape index (κ3) is 2.52. The van der Waals surface area contributed by atoms with E-state index >= 15 is 0 Å². The minimum Gasteiger partial charge on any atom is -0.437 e. The number of fused-ring (bicyclic) bond motifs is 1. The number of para-hydroxylation sites is 1. The molecule has 0 fully saturated rings. The zero-order valence-corrected chi connectivity index (χ0v) is 12.2. The molecule has 0 saturated carbocycles. The van der Waals surface area contributed by atoms with Crippen molar-refractivity contribution in [2.75, 3.05) is 0 Å². The van der Waals surface area contributed by atoms with E-state index in [0.717, 1.165) is 5.39 Å². The van der Waals surface area contributed by atoms with Crippen molar-refractivity contribution in [3.05, 3.63) is 57.8 Å². The molecule has 0 N–H and O–H groups in total. The van der Waals surface area contributed by atoms with E-state index < -0.39 is 0 Å². The maximum Gasteiger partial charge on any atom is 0.231 e. The molecule has 0 aliphatic rings. The van der Waals surface area contributed by atoms with Gasteiger partial charge in [0.15, 0.2) is 0 Å². The molecule has 3 aromatic rings. The van der Waals surface area contributed by atoms with Crippen LogP contribution in [-0.4, -0.2) is 9.97 Å². The maximum absolute atomic E-state index is 6.10. The summed E-state index contributed by atoms with van der Waals surface area (Å²) in [5.41, 5.74) is 0.695. The molecule has 1 heterocycles. The van der Waals surface area contributed by atoms with Crippen LogP contribution < -0.4 is 4.74 Å². The first-order valence-corrected chi connectivity index (χ1v) is 6.82. The third-order valence-electron chi connectivity index (χ3n) is 2.66. The van der Waals surface area contributed by atoms with Gasteiger partial charge >= 0.3 is 0 Å². The van der Waals surface area contributed by atoms with Gasteiger partial charge in [0.2, 0.25) is 11.2 Å². The smallest absolute Gasteiger partial charge is 0.231 e. The predicted molar refractivity (Wildman–Crippen MR) is 81.1 cm³/mol. The number of ether oxygens (including phenoxy) is 1. The molecule has 0 amide bonds. The maximum atomic E-state index is 6.10. The van der Waals surface area contributed by atoms with Gasteiger partial charge in [0.25, 0.3) is 0 Å². The van der Waals surface area contributed by atoms with E-state index in [9.17, 15) is 0 Å². The molecule has 0 atom stereocenters. The van der Waals surface area contributed by atoms with Crippen LogP contribution in [0.25, 0.3) is 10.9 Å². The normalized spacial score (nSPS) is 10.8. The molecule has 0 bridgehead atoms. The SMILES string of the molecule is Clc1nc(Oc2cccc(Cl)c2Cl)c2ccccc2n1. The molecule has 20 heavy (non-hydrogen) atoms. The van der Waals surface area contributed by atoms with Crippen molar-refractivity contribution in [3.63, 3.8) is 0 Å². The lowest BCUT2D eigenvalue weighted by atomic mass is 10.2. The summed E-state index contributed by atoms with van der Waals surface area (Å²) < 4.78 is 5.73. The fraction of sp³-hybridized carbons (Fsp3) is 0. The summed E-state index contributed by atoms with van der Waals surface area (Å²) in [5.74, 6) is 0.754. The van der Waals surface area contributed by atoms with Crippen LogP contribution in [-0.2, 0) is 0 Å². The zero-order chi connectivity index (χ0) is 14.1. The van der Waals surface area contributed by atoms with Gasteiger partial charge in [0.1, 0.15) is 10.8 Å². The minimum absolute atomic E-state index is 0.108. The van der Waals surface area contributed by atoms with Crippen LogP contribution in [0.5, 0.6) is 11.6 Å². The molecule has 0 unspecified atom stereocenters. The number of hydrogen-bond donors (Lipinski definition) is 0. The molecule has 3 rings (SSSR count). The van der Waals surface area contributed by atoms with E-state index in [4.69, 9.17) is 39.5 Å². The predicted octanol–water partition coefficient (Wildman–Crippen LogP) is 5.38. The highest BCUT2D eigenvalue weighted by atomic mass is 35.5. The highest BCUT2D eigenvalue weighted by Crippen LogP contribution is 2.36. The topological polar surface area (TPSA) is 35.0 Å². The minimum atomic E-state index is 0.108. The molecule has 0 spiro atoms. The van der Waals surface area contributed by atoms with Gasteiger partial charge in [-0.05, 0) is 35.9 Å². The highest BCUT2D eigenvalue weighted by Gasteiger charge is 2.12. The van der Waals surface area contributed by atoms with E-state index in [1.807, 2.05) is 24.3 Å². The van der Waals surface area contributed by atoms with Crippen molar-refractivity contribution in [1.82, 2.24) is 9.97 Å². The van der Waals surface area contributed by atoms with Crippen molar-refractivity contribution in [3.8, 4) is 11.6 Å². The van der Waals surface area contributed by atoms with Gasteiger partial charge in [0, 0.05) is 0 Å². The molecule has 0 saturated heterocycles. The standard InChI is InChI=1S/C14H7Cl3N2O/c15-9-5-3-7-11(12(9)16)20-13-8-4-1-2-6-10(8)18-14(17)19-13/h1-7H. The fourth-order valence-corrected chi connectivity index (χ4v) is 2.26. The van der Waals surface area contributed by atoms with Gasteiger partial charge in [0.05, 0.1) is 15.9 Å². The van der Waals surface area contributed by atoms with Crippen LogP contribution in [0.1, 0.15) is 0 Å². The van der Waals surface area contributed by atoms with Crippen LogP contribution in [0.15, 0.2) is 42.5 Å². The zero-order valence-electron chi connectivity index (χ0n) is 9.98. The number of benzene rings is 2. The Kier molecular flexibility index (Phi) is 3.66. The van der Waals surface area contributed by atoms with Gasteiger partial charge in [-0.25, -0.2) is 4.98 Å². The molecule has 6 heteroatoms. The van der Waals surface area contributed by atoms with Gasteiger partial charge in [-0.1, -0.05) is 41.4 Å². The average molecular weight is 326 g/mol. The van der Waals surface area contributed by atoms with Gasteiger partial charge in [-0.15, -0.1) is 0 Å². The Hall–Kier alpha value is -1.55. The average Bonchev–Trinajstić information content (AvgIpc) is 2.43. The lowest BCUT2D eigenvalue weighted by Gasteiger charge is -2.09. The van der Waals surface area contributed by atoms with Crippen molar-refractivity contribution < 1.29 is 4.74 Å². The molecule has 3 nitrogen and oxygen atoms in total. The van der Waals surface area contributed by atoms with E-state index in [2.05, 4.69) is 9.97 Å². The number of halogens is 3.